The van der Waals surface area contributed by atoms with E-state index in [4.69, 9.17) is 9.84 Å². The van der Waals surface area contributed by atoms with Crippen LogP contribution in [0.15, 0.2) is 0 Å². The summed E-state index contributed by atoms with van der Waals surface area (Å²) < 4.78 is 5.19. The van der Waals surface area contributed by atoms with Crippen LogP contribution in [-0.2, 0) is 9.53 Å². The van der Waals surface area contributed by atoms with Crippen LogP contribution in [0.25, 0.3) is 0 Å². The van der Waals surface area contributed by atoms with E-state index in [0.29, 0.717) is 13.0 Å². The topological polar surface area (TPSA) is 46.5 Å². The summed E-state index contributed by atoms with van der Waals surface area (Å²) in [4.78, 5) is 10.6. The van der Waals surface area contributed by atoms with Gasteiger partial charge in [-0.15, -0.1) is 0 Å². The standard InChI is InChI=1S/C8H16O3/c1-4-6-11-8(3,5-2)7(9)10/h4-6H2,1-3H3,(H,9,10)/t8-/m0/s1. The molecule has 0 aliphatic rings. The van der Waals surface area contributed by atoms with Gasteiger partial charge in [0.25, 0.3) is 0 Å². The van der Waals surface area contributed by atoms with Gasteiger partial charge in [0.15, 0.2) is 5.60 Å². The third-order valence-corrected chi connectivity index (χ3v) is 1.75. The molecule has 0 fully saturated rings. The number of hydrogen-bond acceptors (Lipinski definition) is 2. The summed E-state index contributed by atoms with van der Waals surface area (Å²) in [6.45, 7) is 5.88. The summed E-state index contributed by atoms with van der Waals surface area (Å²) in [7, 11) is 0. The first-order valence-corrected chi connectivity index (χ1v) is 3.94. The smallest absolute Gasteiger partial charge is 0.335 e. The summed E-state index contributed by atoms with van der Waals surface area (Å²) in [5, 5.41) is 8.73. The summed E-state index contributed by atoms with van der Waals surface area (Å²) in [6.07, 6.45) is 1.35. The Morgan fingerprint density at radius 3 is 2.36 bits per heavy atom. The Kier molecular flexibility index (Phi) is 4.11. The van der Waals surface area contributed by atoms with Crippen LogP contribution in [0, 0.1) is 0 Å². The molecule has 0 heterocycles. The highest BCUT2D eigenvalue weighted by molar-refractivity contribution is 5.76. The lowest BCUT2D eigenvalue weighted by Crippen LogP contribution is -2.37. The summed E-state index contributed by atoms with van der Waals surface area (Å²) >= 11 is 0. The Balaban J connectivity index is 3.99. The Bertz CT molecular complexity index is 133. The minimum Gasteiger partial charge on any atom is -0.479 e. The number of carboxylic acids is 1. The number of ether oxygens (including phenoxy) is 1. The van der Waals surface area contributed by atoms with Gasteiger partial charge in [-0.2, -0.15) is 0 Å². The van der Waals surface area contributed by atoms with Crippen molar-refractivity contribution in [2.75, 3.05) is 6.61 Å². The molecule has 3 nitrogen and oxygen atoms in total. The van der Waals surface area contributed by atoms with Crippen molar-refractivity contribution in [1.29, 1.82) is 0 Å². The van der Waals surface area contributed by atoms with E-state index in [9.17, 15) is 4.79 Å². The Morgan fingerprint density at radius 2 is 2.09 bits per heavy atom. The zero-order chi connectivity index (χ0) is 8.91. The van der Waals surface area contributed by atoms with Crippen molar-refractivity contribution in [1.82, 2.24) is 0 Å². The van der Waals surface area contributed by atoms with Crippen molar-refractivity contribution in [3.8, 4) is 0 Å². The van der Waals surface area contributed by atoms with Gasteiger partial charge in [0.1, 0.15) is 0 Å². The quantitative estimate of drug-likeness (QED) is 0.665. The molecular weight excluding hydrogens is 144 g/mol. The van der Waals surface area contributed by atoms with Gasteiger partial charge >= 0.3 is 5.97 Å². The third kappa shape index (κ3) is 2.89. The summed E-state index contributed by atoms with van der Waals surface area (Å²) in [6, 6.07) is 0. The normalized spacial score (nSPS) is 15.9. The van der Waals surface area contributed by atoms with Crippen LogP contribution in [0.5, 0.6) is 0 Å². The second-order valence-electron chi connectivity index (χ2n) is 2.74. The second-order valence-corrected chi connectivity index (χ2v) is 2.74. The molecule has 0 bridgehead atoms. The highest BCUT2D eigenvalue weighted by atomic mass is 16.5. The SMILES string of the molecule is CCCO[C@@](C)(CC)C(=O)O. The van der Waals surface area contributed by atoms with Gasteiger partial charge in [-0.25, -0.2) is 4.79 Å². The van der Waals surface area contributed by atoms with Crippen molar-refractivity contribution >= 4 is 5.97 Å². The van der Waals surface area contributed by atoms with E-state index in [1.54, 1.807) is 6.92 Å². The number of carbonyl (C=O) groups is 1. The van der Waals surface area contributed by atoms with Crippen LogP contribution in [-0.4, -0.2) is 23.3 Å². The van der Waals surface area contributed by atoms with Gasteiger partial charge in [-0.1, -0.05) is 13.8 Å². The van der Waals surface area contributed by atoms with Gasteiger partial charge < -0.3 is 9.84 Å². The van der Waals surface area contributed by atoms with Crippen molar-refractivity contribution in [2.24, 2.45) is 0 Å². The van der Waals surface area contributed by atoms with Crippen LogP contribution in [0.1, 0.15) is 33.6 Å². The molecule has 0 amide bonds. The minimum atomic E-state index is -0.990. The van der Waals surface area contributed by atoms with E-state index in [0.717, 1.165) is 6.42 Å². The number of aliphatic carboxylic acids is 1. The van der Waals surface area contributed by atoms with Crippen molar-refractivity contribution < 1.29 is 14.6 Å². The zero-order valence-electron chi connectivity index (χ0n) is 7.39. The number of carboxylic acid groups (broad SMARTS) is 1. The van der Waals surface area contributed by atoms with Crippen molar-refractivity contribution in [3.63, 3.8) is 0 Å². The molecule has 66 valence electrons. The molecule has 11 heavy (non-hydrogen) atoms. The summed E-state index contributed by atoms with van der Waals surface area (Å²) in [5.74, 6) is -0.881. The van der Waals surface area contributed by atoms with Crippen LogP contribution < -0.4 is 0 Å². The Hall–Kier alpha value is -0.570. The molecule has 0 aromatic carbocycles. The lowest BCUT2D eigenvalue weighted by molar-refractivity contribution is -0.164. The van der Waals surface area contributed by atoms with Crippen LogP contribution in [0.3, 0.4) is 0 Å². The lowest BCUT2D eigenvalue weighted by Gasteiger charge is -2.22. The van der Waals surface area contributed by atoms with E-state index in [2.05, 4.69) is 0 Å². The highest BCUT2D eigenvalue weighted by Gasteiger charge is 2.31. The molecule has 0 saturated carbocycles. The first kappa shape index (κ1) is 10.4. The monoisotopic (exact) mass is 160 g/mol. The van der Waals surface area contributed by atoms with Gasteiger partial charge in [0.05, 0.1) is 0 Å². The van der Waals surface area contributed by atoms with Gasteiger partial charge in [0.2, 0.25) is 0 Å². The fraction of sp³-hybridized carbons (Fsp3) is 0.875. The van der Waals surface area contributed by atoms with E-state index >= 15 is 0 Å². The molecular formula is C8H16O3. The fourth-order valence-electron chi connectivity index (χ4n) is 0.642. The van der Waals surface area contributed by atoms with E-state index in [1.807, 2.05) is 13.8 Å². The molecule has 1 N–H and O–H groups in total. The Labute approximate surface area is 67.4 Å². The van der Waals surface area contributed by atoms with E-state index in [1.165, 1.54) is 0 Å². The summed E-state index contributed by atoms with van der Waals surface area (Å²) in [5.41, 5.74) is -0.990. The molecule has 0 aromatic rings. The maximum absolute atomic E-state index is 10.6. The average Bonchev–Trinajstić information content (AvgIpc) is 2.00. The molecule has 0 aliphatic carbocycles. The predicted molar refractivity (Wildman–Crippen MR) is 42.6 cm³/mol. The van der Waals surface area contributed by atoms with Crippen LogP contribution in [0.2, 0.25) is 0 Å². The van der Waals surface area contributed by atoms with Crippen LogP contribution >= 0.6 is 0 Å². The van der Waals surface area contributed by atoms with Crippen molar-refractivity contribution in [3.05, 3.63) is 0 Å². The van der Waals surface area contributed by atoms with E-state index in [-0.39, 0.29) is 0 Å². The first-order chi connectivity index (χ1) is 5.06. The molecule has 0 aliphatic heterocycles. The predicted octanol–water partition coefficient (Wildman–Crippen LogP) is 1.67. The maximum Gasteiger partial charge on any atom is 0.335 e. The molecule has 0 rings (SSSR count). The van der Waals surface area contributed by atoms with Gasteiger partial charge in [0, 0.05) is 6.61 Å². The highest BCUT2D eigenvalue weighted by Crippen LogP contribution is 2.15. The molecule has 3 heteroatoms. The molecule has 0 saturated heterocycles. The molecule has 0 aromatic heterocycles. The van der Waals surface area contributed by atoms with Gasteiger partial charge in [-0.05, 0) is 19.8 Å². The first-order valence-electron chi connectivity index (χ1n) is 3.94. The second kappa shape index (κ2) is 4.34. The maximum atomic E-state index is 10.6. The van der Waals surface area contributed by atoms with Crippen molar-refractivity contribution in [2.45, 2.75) is 39.2 Å². The molecule has 0 radical (unpaired) electrons. The molecule has 1 atom stereocenters. The number of hydrogen-bond donors (Lipinski definition) is 1. The Morgan fingerprint density at radius 1 is 1.55 bits per heavy atom. The van der Waals surface area contributed by atoms with E-state index < -0.39 is 11.6 Å². The van der Waals surface area contributed by atoms with Crippen LogP contribution in [0.4, 0.5) is 0 Å². The van der Waals surface area contributed by atoms with Gasteiger partial charge in [-0.3, -0.25) is 0 Å². The average molecular weight is 160 g/mol. The number of rotatable bonds is 5. The molecule has 0 spiro atoms. The fourth-order valence-corrected chi connectivity index (χ4v) is 0.642. The molecule has 0 unspecified atom stereocenters. The third-order valence-electron chi connectivity index (χ3n) is 1.75. The lowest BCUT2D eigenvalue weighted by atomic mass is 10.0. The zero-order valence-corrected chi connectivity index (χ0v) is 7.39. The minimum absolute atomic E-state index is 0.502. The largest absolute Gasteiger partial charge is 0.479 e.